The van der Waals surface area contributed by atoms with Crippen molar-refractivity contribution in [2.45, 2.75) is 38.9 Å². The first-order chi connectivity index (χ1) is 18.1. The Morgan fingerprint density at radius 1 is 1.11 bits per heavy atom. The van der Waals surface area contributed by atoms with Gasteiger partial charge in [0.2, 0.25) is 0 Å². The first-order valence-corrected chi connectivity index (χ1v) is 12.2. The van der Waals surface area contributed by atoms with E-state index < -0.39 is 17.6 Å². The molecule has 200 valence electrons. The normalized spacial score (nSPS) is 14.9. The van der Waals surface area contributed by atoms with Crippen molar-refractivity contribution in [2.24, 2.45) is 0 Å². The van der Waals surface area contributed by atoms with Crippen molar-refractivity contribution >= 4 is 23.6 Å². The third kappa shape index (κ3) is 6.07. The first-order valence-electron chi connectivity index (χ1n) is 12.2. The van der Waals surface area contributed by atoms with Crippen LogP contribution in [0, 0.1) is 6.92 Å². The molecule has 0 bridgehead atoms. The number of methoxy groups -OCH3 is 1. The molecule has 0 spiro atoms. The van der Waals surface area contributed by atoms with Gasteiger partial charge in [0.1, 0.15) is 5.75 Å². The van der Waals surface area contributed by atoms with Crippen LogP contribution in [0.1, 0.15) is 52.9 Å². The summed E-state index contributed by atoms with van der Waals surface area (Å²) in [4.78, 5) is 27.2. The highest BCUT2D eigenvalue weighted by Gasteiger charge is 2.34. The number of aromatic nitrogens is 2. The van der Waals surface area contributed by atoms with E-state index in [1.54, 1.807) is 42.1 Å². The fourth-order valence-corrected chi connectivity index (χ4v) is 4.53. The lowest BCUT2D eigenvalue weighted by atomic mass is 9.99. The summed E-state index contributed by atoms with van der Waals surface area (Å²) in [6, 6.07) is 11.1. The number of piperidine rings is 1. The molecule has 1 aromatic heterocycles. The van der Waals surface area contributed by atoms with Gasteiger partial charge in [-0.1, -0.05) is 18.2 Å². The summed E-state index contributed by atoms with van der Waals surface area (Å²) in [5.41, 5.74) is 1.17. The van der Waals surface area contributed by atoms with Crippen LogP contribution in [0.15, 0.2) is 60.4 Å². The molecule has 0 unspecified atom stereocenters. The van der Waals surface area contributed by atoms with Crippen LogP contribution in [0.4, 0.5) is 18.9 Å². The molecule has 1 fully saturated rings. The molecule has 0 radical (unpaired) electrons. The van der Waals surface area contributed by atoms with Crippen molar-refractivity contribution in [3.8, 4) is 5.75 Å². The molecule has 1 saturated heterocycles. The Balaban J connectivity index is 1.35. The SMILES string of the molecule is COc1ccc(/C=C(\C)C(=O)Nc2cnn(C3CCN(C(=O)c4cccc(C(F)(F)F)c4C)CC3)c2)cc1. The number of benzene rings is 2. The maximum absolute atomic E-state index is 13.3. The van der Waals surface area contributed by atoms with E-state index in [1.807, 2.05) is 24.3 Å². The number of likely N-dealkylation sites (tertiary alicyclic amines) is 1. The largest absolute Gasteiger partial charge is 0.497 e. The quantitative estimate of drug-likeness (QED) is 0.416. The van der Waals surface area contributed by atoms with Gasteiger partial charge in [-0.2, -0.15) is 18.3 Å². The predicted molar refractivity (Wildman–Crippen MR) is 138 cm³/mol. The van der Waals surface area contributed by atoms with Crippen LogP contribution < -0.4 is 10.1 Å². The van der Waals surface area contributed by atoms with Crippen LogP contribution in [-0.4, -0.2) is 46.7 Å². The Morgan fingerprint density at radius 2 is 1.79 bits per heavy atom. The van der Waals surface area contributed by atoms with Gasteiger partial charge in [-0.25, -0.2) is 0 Å². The summed E-state index contributed by atoms with van der Waals surface area (Å²) in [6.07, 6.45) is 1.77. The highest BCUT2D eigenvalue weighted by atomic mass is 19.4. The molecule has 1 N–H and O–H groups in total. The first kappa shape index (κ1) is 27.0. The highest BCUT2D eigenvalue weighted by Crippen LogP contribution is 2.34. The number of nitrogens with zero attached hydrogens (tertiary/aromatic N) is 3. The van der Waals surface area contributed by atoms with Gasteiger partial charge in [0.15, 0.2) is 0 Å². The van der Waals surface area contributed by atoms with Crippen LogP contribution >= 0.6 is 0 Å². The molecule has 2 heterocycles. The summed E-state index contributed by atoms with van der Waals surface area (Å²) in [7, 11) is 1.59. The molecular weight excluding hydrogens is 497 g/mol. The fraction of sp³-hybridized carbons (Fsp3) is 0.321. The van der Waals surface area contributed by atoms with E-state index in [-0.39, 0.29) is 23.1 Å². The van der Waals surface area contributed by atoms with E-state index in [0.29, 0.717) is 37.2 Å². The van der Waals surface area contributed by atoms with Gasteiger partial charge in [0.25, 0.3) is 11.8 Å². The Bertz CT molecular complexity index is 1340. The van der Waals surface area contributed by atoms with Gasteiger partial charge < -0.3 is 15.0 Å². The third-order valence-corrected chi connectivity index (χ3v) is 6.71. The van der Waals surface area contributed by atoms with Crippen LogP contribution in [0.25, 0.3) is 6.08 Å². The number of halogens is 3. The Labute approximate surface area is 218 Å². The number of alkyl halides is 3. The Morgan fingerprint density at radius 3 is 2.42 bits per heavy atom. The van der Waals surface area contributed by atoms with E-state index in [1.165, 1.54) is 19.1 Å². The monoisotopic (exact) mass is 526 g/mol. The number of hydrogen-bond acceptors (Lipinski definition) is 4. The van der Waals surface area contributed by atoms with Gasteiger partial charge >= 0.3 is 6.18 Å². The number of ether oxygens (including phenoxy) is 1. The van der Waals surface area contributed by atoms with Gasteiger partial charge in [-0.15, -0.1) is 0 Å². The molecule has 2 amide bonds. The Kier molecular flexibility index (Phi) is 7.89. The predicted octanol–water partition coefficient (Wildman–Crippen LogP) is 5.74. The summed E-state index contributed by atoms with van der Waals surface area (Å²) in [5, 5.41) is 7.22. The number of amides is 2. The molecule has 2 aromatic carbocycles. The van der Waals surface area contributed by atoms with Crippen molar-refractivity contribution in [1.29, 1.82) is 0 Å². The average Bonchev–Trinajstić information content (AvgIpc) is 3.36. The molecule has 7 nitrogen and oxygen atoms in total. The molecule has 4 rings (SSSR count). The minimum absolute atomic E-state index is 0.00301. The maximum atomic E-state index is 13.3. The topological polar surface area (TPSA) is 76.5 Å². The fourth-order valence-electron chi connectivity index (χ4n) is 4.53. The second kappa shape index (κ2) is 11.1. The van der Waals surface area contributed by atoms with E-state index in [2.05, 4.69) is 10.4 Å². The smallest absolute Gasteiger partial charge is 0.416 e. The number of rotatable bonds is 6. The molecule has 38 heavy (non-hydrogen) atoms. The second-order valence-electron chi connectivity index (χ2n) is 9.26. The molecular formula is C28H29F3N4O3. The summed E-state index contributed by atoms with van der Waals surface area (Å²) in [6.45, 7) is 3.84. The summed E-state index contributed by atoms with van der Waals surface area (Å²) < 4.78 is 46.7. The van der Waals surface area contributed by atoms with E-state index in [9.17, 15) is 22.8 Å². The minimum atomic E-state index is -4.51. The van der Waals surface area contributed by atoms with Gasteiger partial charge in [-0.3, -0.25) is 14.3 Å². The standard InChI is InChI=1S/C28H29F3N4O3/c1-18(15-20-7-9-23(38-3)10-8-20)26(36)33-21-16-32-35(17-21)22-11-13-34(14-12-22)27(37)24-5-4-6-25(19(24)2)28(29,30)31/h4-10,15-17,22H,11-14H2,1-3H3,(H,33,36)/b18-15+. The lowest BCUT2D eigenvalue weighted by molar-refractivity contribution is -0.138. The van der Waals surface area contributed by atoms with Crippen molar-refractivity contribution in [2.75, 3.05) is 25.5 Å². The van der Waals surface area contributed by atoms with Gasteiger partial charge in [0.05, 0.1) is 30.6 Å². The van der Waals surface area contributed by atoms with Crippen LogP contribution in [0.5, 0.6) is 5.75 Å². The number of nitrogens with one attached hydrogen (secondary N) is 1. The Hall–Kier alpha value is -4.08. The lowest BCUT2D eigenvalue weighted by Gasteiger charge is -2.32. The molecule has 10 heteroatoms. The molecule has 0 atom stereocenters. The maximum Gasteiger partial charge on any atom is 0.416 e. The minimum Gasteiger partial charge on any atom is -0.497 e. The zero-order chi connectivity index (χ0) is 27.4. The zero-order valence-electron chi connectivity index (χ0n) is 21.4. The molecule has 0 saturated carbocycles. The van der Waals surface area contributed by atoms with E-state index in [0.717, 1.165) is 17.4 Å². The van der Waals surface area contributed by atoms with Crippen LogP contribution in [-0.2, 0) is 11.0 Å². The summed E-state index contributed by atoms with van der Waals surface area (Å²) >= 11 is 0. The zero-order valence-corrected chi connectivity index (χ0v) is 21.4. The molecule has 1 aliphatic heterocycles. The molecule has 3 aromatic rings. The van der Waals surface area contributed by atoms with E-state index in [4.69, 9.17) is 4.74 Å². The number of carbonyl (C=O) groups is 2. The molecule has 0 aliphatic carbocycles. The van der Waals surface area contributed by atoms with Gasteiger partial charge in [-0.05, 0) is 68.2 Å². The van der Waals surface area contributed by atoms with Crippen molar-refractivity contribution in [3.05, 3.63) is 82.7 Å². The van der Waals surface area contributed by atoms with E-state index >= 15 is 0 Å². The number of anilines is 1. The third-order valence-electron chi connectivity index (χ3n) is 6.71. The van der Waals surface area contributed by atoms with Crippen molar-refractivity contribution in [3.63, 3.8) is 0 Å². The van der Waals surface area contributed by atoms with Crippen LogP contribution in [0.2, 0.25) is 0 Å². The second-order valence-corrected chi connectivity index (χ2v) is 9.26. The number of hydrogen-bond donors (Lipinski definition) is 1. The lowest BCUT2D eigenvalue weighted by Crippen LogP contribution is -2.39. The number of carbonyl (C=O) groups excluding carboxylic acids is 2. The summed E-state index contributed by atoms with van der Waals surface area (Å²) in [5.74, 6) is 0.0782. The van der Waals surface area contributed by atoms with Crippen molar-refractivity contribution < 1.29 is 27.5 Å². The van der Waals surface area contributed by atoms with Crippen molar-refractivity contribution in [1.82, 2.24) is 14.7 Å². The van der Waals surface area contributed by atoms with Gasteiger partial charge in [0, 0.05) is 30.4 Å². The highest BCUT2D eigenvalue weighted by molar-refractivity contribution is 6.06. The average molecular weight is 527 g/mol. The molecule has 1 aliphatic rings. The van der Waals surface area contributed by atoms with Crippen LogP contribution in [0.3, 0.4) is 0 Å².